The number of H-pyrrole nitrogens is 1. The SMILES string of the molecule is O=c1[nH]ncc2cn(-c3cc(C(F)(F)F)ccc3Cl)nc12. The Morgan fingerprint density at radius 2 is 2.05 bits per heavy atom. The highest BCUT2D eigenvalue weighted by Crippen LogP contribution is 2.33. The highest BCUT2D eigenvalue weighted by atomic mass is 35.5. The van der Waals surface area contributed by atoms with Gasteiger partial charge in [-0.3, -0.25) is 4.79 Å². The van der Waals surface area contributed by atoms with Gasteiger partial charge in [0.2, 0.25) is 0 Å². The van der Waals surface area contributed by atoms with Crippen LogP contribution in [0.3, 0.4) is 0 Å². The zero-order valence-electron chi connectivity index (χ0n) is 10.1. The number of hydrogen-bond donors (Lipinski definition) is 1. The summed E-state index contributed by atoms with van der Waals surface area (Å²) in [6.45, 7) is 0. The van der Waals surface area contributed by atoms with E-state index in [1.165, 1.54) is 12.4 Å². The Morgan fingerprint density at radius 1 is 1.29 bits per heavy atom. The van der Waals surface area contributed by atoms with Crippen molar-refractivity contribution in [2.45, 2.75) is 6.18 Å². The molecule has 9 heteroatoms. The minimum absolute atomic E-state index is 0.0297. The molecule has 0 aliphatic heterocycles. The Kier molecular flexibility index (Phi) is 2.98. The second-order valence-electron chi connectivity index (χ2n) is 4.24. The molecule has 0 unspecified atom stereocenters. The molecule has 0 spiro atoms. The third-order valence-electron chi connectivity index (χ3n) is 2.85. The number of aromatic amines is 1. The van der Waals surface area contributed by atoms with Crippen LogP contribution >= 0.6 is 11.6 Å². The Hall–Kier alpha value is -2.35. The third-order valence-corrected chi connectivity index (χ3v) is 3.17. The summed E-state index contributed by atoms with van der Waals surface area (Å²) < 4.78 is 39.4. The first kappa shape index (κ1) is 13.6. The zero-order chi connectivity index (χ0) is 15.2. The van der Waals surface area contributed by atoms with Crippen molar-refractivity contribution in [2.24, 2.45) is 0 Å². The smallest absolute Gasteiger partial charge is 0.265 e. The lowest BCUT2D eigenvalue weighted by atomic mass is 10.2. The molecule has 3 rings (SSSR count). The first-order chi connectivity index (χ1) is 9.86. The fraction of sp³-hybridized carbons (Fsp3) is 0.0833. The van der Waals surface area contributed by atoms with Gasteiger partial charge in [0.1, 0.15) is 0 Å². The van der Waals surface area contributed by atoms with Gasteiger partial charge in [-0.1, -0.05) is 11.6 Å². The summed E-state index contributed by atoms with van der Waals surface area (Å²) in [5, 5.41) is 10.2. The average molecular weight is 315 g/mol. The molecule has 5 nitrogen and oxygen atoms in total. The van der Waals surface area contributed by atoms with Gasteiger partial charge in [-0.05, 0) is 18.2 Å². The van der Waals surface area contributed by atoms with Gasteiger partial charge in [0.15, 0.2) is 5.52 Å². The molecule has 3 aromatic rings. The first-order valence-corrected chi connectivity index (χ1v) is 6.04. The van der Waals surface area contributed by atoms with Crippen LogP contribution in [0.1, 0.15) is 5.56 Å². The molecule has 0 atom stereocenters. The lowest BCUT2D eigenvalue weighted by Crippen LogP contribution is -2.08. The summed E-state index contributed by atoms with van der Waals surface area (Å²) >= 11 is 5.92. The molecular weight excluding hydrogens is 309 g/mol. The van der Waals surface area contributed by atoms with Gasteiger partial charge >= 0.3 is 6.18 Å². The number of halogens is 4. The quantitative estimate of drug-likeness (QED) is 0.751. The molecule has 0 amide bonds. The van der Waals surface area contributed by atoms with Crippen LogP contribution in [0.25, 0.3) is 16.6 Å². The van der Waals surface area contributed by atoms with Crippen molar-refractivity contribution < 1.29 is 13.2 Å². The summed E-state index contributed by atoms with van der Waals surface area (Å²) in [5.74, 6) is 0. The molecule has 0 bridgehead atoms. The molecule has 1 aromatic carbocycles. The van der Waals surface area contributed by atoms with Crippen molar-refractivity contribution in [3.8, 4) is 5.69 Å². The summed E-state index contributed by atoms with van der Waals surface area (Å²) in [6.07, 6.45) is -1.76. The number of nitrogens with zero attached hydrogens (tertiary/aromatic N) is 3. The van der Waals surface area contributed by atoms with Gasteiger partial charge in [-0.2, -0.15) is 23.4 Å². The van der Waals surface area contributed by atoms with E-state index in [4.69, 9.17) is 11.6 Å². The van der Waals surface area contributed by atoms with E-state index in [0.717, 1.165) is 22.9 Å². The number of rotatable bonds is 1. The number of alkyl halides is 3. The van der Waals surface area contributed by atoms with Gasteiger partial charge in [-0.25, -0.2) is 9.78 Å². The maximum absolute atomic E-state index is 12.7. The van der Waals surface area contributed by atoms with Crippen LogP contribution < -0.4 is 5.56 Å². The first-order valence-electron chi connectivity index (χ1n) is 5.66. The lowest BCUT2D eigenvalue weighted by molar-refractivity contribution is -0.137. The van der Waals surface area contributed by atoms with Gasteiger partial charge in [-0.15, -0.1) is 0 Å². The number of aromatic nitrogens is 4. The van der Waals surface area contributed by atoms with Crippen LogP contribution in [-0.4, -0.2) is 20.0 Å². The van der Waals surface area contributed by atoms with Crippen LogP contribution in [0.4, 0.5) is 13.2 Å². The largest absolute Gasteiger partial charge is 0.416 e. The lowest BCUT2D eigenvalue weighted by Gasteiger charge is -2.10. The monoisotopic (exact) mass is 314 g/mol. The fourth-order valence-corrected chi connectivity index (χ4v) is 2.06. The number of hydrogen-bond acceptors (Lipinski definition) is 3. The Morgan fingerprint density at radius 3 is 2.71 bits per heavy atom. The van der Waals surface area contributed by atoms with Crippen LogP contribution in [0.15, 0.2) is 35.4 Å². The molecule has 108 valence electrons. The van der Waals surface area contributed by atoms with Gasteiger partial charge < -0.3 is 0 Å². The Balaban J connectivity index is 2.22. The normalized spacial score (nSPS) is 12.0. The van der Waals surface area contributed by atoms with E-state index in [-0.39, 0.29) is 16.2 Å². The number of fused-ring (bicyclic) bond motifs is 1. The van der Waals surface area contributed by atoms with Crippen molar-refractivity contribution in [1.82, 2.24) is 20.0 Å². The van der Waals surface area contributed by atoms with Crippen LogP contribution in [0.5, 0.6) is 0 Å². The van der Waals surface area contributed by atoms with Crippen molar-refractivity contribution >= 4 is 22.5 Å². The molecule has 0 saturated heterocycles. The average Bonchev–Trinajstić information content (AvgIpc) is 2.83. The molecule has 2 aromatic heterocycles. The van der Waals surface area contributed by atoms with E-state index in [1.54, 1.807) is 0 Å². The number of benzene rings is 1. The molecule has 0 saturated carbocycles. The van der Waals surface area contributed by atoms with Crippen molar-refractivity contribution in [3.63, 3.8) is 0 Å². The minimum atomic E-state index is -4.50. The molecule has 0 aliphatic carbocycles. The minimum Gasteiger partial charge on any atom is -0.265 e. The maximum atomic E-state index is 12.7. The number of nitrogens with one attached hydrogen (secondary N) is 1. The second kappa shape index (κ2) is 4.59. The van der Waals surface area contributed by atoms with Crippen LogP contribution in [-0.2, 0) is 6.18 Å². The molecule has 2 heterocycles. The predicted octanol–water partition coefficient (Wildman–Crippen LogP) is 2.78. The molecule has 0 radical (unpaired) electrons. The van der Waals surface area contributed by atoms with E-state index in [1.807, 2.05) is 0 Å². The van der Waals surface area contributed by atoms with Crippen LogP contribution in [0.2, 0.25) is 5.02 Å². The molecule has 0 aliphatic rings. The van der Waals surface area contributed by atoms with E-state index < -0.39 is 17.3 Å². The Bertz CT molecular complexity index is 884. The van der Waals surface area contributed by atoms with Crippen molar-refractivity contribution in [2.75, 3.05) is 0 Å². The maximum Gasteiger partial charge on any atom is 0.416 e. The zero-order valence-corrected chi connectivity index (χ0v) is 10.9. The molecular formula is C12H6ClF3N4O. The fourth-order valence-electron chi connectivity index (χ4n) is 1.86. The van der Waals surface area contributed by atoms with E-state index in [9.17, 15) is 18.0 Å². The topological polar surface area (TPSA) is 63.6 Å². The summed E-state index contributed by atoms with van der Waals surface area (Å²) in [6, 6.07) is 2.88. The summed E-state index contributed by atoms with van der Waals surface area (Å²) in [4.78, 5) is 11.5. The van der Waals surface area contributed by atoms with E-state index in [2.05, 4.69) is 15.3 Å². The van der Waals surface area contributed by atoms with Gasteiger partial charge in [0.05, 0.1) is 22.5 Å². The van der Waals surface area contributed by atoms with Gasteiger partial charge in [0, 0.05) is 11.6 Å². The summed E-state index contributed by atoms with van der Waals surface area (Å²) in [7, 11) is 0. The molecule has 0 fully saturated rings. The highest BCUT2D eigenvalue weighted by molar-refractivity contribution is 6.32. The van der Waals surface area contributed by atoms with Crippen molar-refractivity contribution in [3.05, 3.63) is 51.5 Å². The van der Waals surface area contributed by atoms with Gasteiger partial charge in [0.25, 0.3) is 5.56 Å². The third kappa shape index (κ3) is 2.38. The van der Waals surface area contributed by atoms with Crippen molar-refractivity contribution in [1.29, 1.82) is 0 Å². The molecule has 21 heavy (non-hydrogen) atoms. The Labute approximate surface area is 120 Å². The predicted molar refractivity (Wildman–Crippen MR) is 69.5 cm³/mol. The van der Waals surface area contributed by atoms with E-state index in [0.29, 0.717) is 5.39 Å². The summed E-state index contributed by atoms with van der Waals surface area (Å²) in [5.41, 5.74) is -1.29. The second-order valence-corrected chi connectivity index (χ2v) is 4.65. The standard InChI is InChI=1S/C12H6ClF3N4O/c13-8-2-1-7(12(14,15)16)3-9(8)20-5-6-4-17-18-11(21)10(6)19-20/h1-5H,(H,18,21). The highest BCUT2D eigenvalue weighted by Gasteiger charge is 2.31. The molecule has 1 N–H and O–H groups in total. The van der Waals surface area contributed by atoms with E-state index >= 15 is 0 Å². The van der Waals surface area contributed by atoms with Crippen LogP contribution in [0, 0.1) is 0 Å².